The van der Waals surface area contributed by atoms with Crippen LogP contribution in [0.3, 0.4) is 0 Å². The molecule has 3 heterocycles. The van der Waals surface area contributed by atoms with Gasteiger partial charge in [0.15, 0.2) is 11.5 Å². The number of carbonyl (C=O) groups is 1. The molecule has 154 valence electrons. The molecule has 1 aromatic carbocycles. The Bertz CT molecular complexity index is 880. The number of halogens is 1. The Morgan fingerprint density at radius 2 is 1.86 bits per heavy atom. The number of morpholine rings is 1. The second-order valence-corrected chi connectivity index (χ2v) is 8.23. The molecule has 0 radical (unpaired) electrons. The number of nitrogens with one attached hydrogen (secondary N) is 1. The van der Waals surface area contributed by atoms with E-state index in [1.165, 1.54) is 0 Å². The summed E-state index contributed by atoms with van der Waals surface area (Å²) in [6, 6.07) is 7.50. The van der Waals surface area contributed by atoms with Crippen LogP contribution in [0.25, 0.3) is 0 Å². The van der Waals surface area contributed by atoms with Gasteiger partial charge in [0.2, 0.25) is 5.91 Å². The third-order valence-corrected chi connectivity index (χ3v) is 5.58. The topological polar surface area (TPSA) is 72.9 Å². The molecule has 8 heteroatoms. The summed E-state index contributed by atoms with van der Waals surface area (Å²) < 4.78 is 17.8. The Labute approximate surface area is 178 Å². The molecule has 2 aliphatic rings. The predicted octanol–water partition coefficient (Wildman–Crippen LogP) is 3.41. The largest absolute Gasteiger partial charge is 0.486 e. The third-order valence-electron chi connectivity index (χ3n) is 4.84. The van der Waals surface area contributed by atoms with Crippen molar-refractivity contribution in [3.8, 4) is 11.5 Å². The van der Waals surface area contributed by atoms with E-state index in [0.29, 0.717) is 30.4 Å². The van der Waals surface area contributed by atoms with Crippen LogP contribution in [0, 0.1) is 0 Å². The molecule has 29 heavy (non-hydrogen) atoms. The summed E-state index contributed by atoms with van der Waals surface area (Å²) in [5.41, 5.74) is 1.51. The highest BCUT2D eigenvalue weighted by atomic mass is 79.9. The summed E-state index contributed by atoms with van der Waals surface area (Å²) in [7, 11) is 0. The van der Waals surface area contributed by atoms with Gasteiger partial charge in [0, 0.05) is 17.6 Å². The molecule has 1 aromatic heterocycles. The standard InChI is InChI=1S/C21H24BrN3O4/c1-13-11-25(12-14(2)29-13)20-4-3-16(10-23-20)24-21(26)8-15-7-18-19(9-17(15)22)28-6-5-27-18/h3-4,7,9-10,13-14H,5-6,8,11-12H2,1-2H3,(H,24,26). The van der Waals surface area contributed by atoms with Crippen molar-refractivity contribution in [1.82, 2.24) is 4.98 Å². The van der Waals surface area contributed by atoms with Gasteiger partial charge in [-0.15, -0.1) is 0 Å². The maximum absolute atomic E-state index is 12.5. The molecule has 1 saturated heterocycles. The highest BCUT2D eigenvalue weighted by Gasteiger charge is 2.23. The molecular weight excluding hydrogens is 438 g/mol. The fourth-order valence-corrected chi connectivity index (χ4v) is 4.09. The minimum Gasteiger partial charge on any atom is -0.486 e. The highest BCUT2D eigenvalue weighted by molar-refractivity contribution is 9.10. The maximum atomic E-state index is 12.5. The van der Waals surface area contributed by atoms with Gasteiger partial charge in [0.1, 0.15) is 19.0 Å². The monoisotopic (exact) mass is 461 g/mol. The van der Waals surface area contributed by atoms with E-state index in [9.17, 15) is 4.79 Å². The van der Waals surface area contributed by atoms with Gasteiger partial charge < -0.3 is 24.4 Å². The normalized spacial score (nSPS) is 21.0. The van der Waals surface area contributed by atoms with Gasteiger partial charge in [-0.05, 0) is 43.7 Å². The molecule has 0 spiro atoms. The van der Waals surface area contributed by atoms with Crippen LogP contribution in [0.1, 0.15) is 19.4 Å². The zero-order valence-corrected chi connectivity index (χ0v) is 18.1. The van der Waals surface area contributed by atoms with Crippen LogP contribution in [0.4, 0.5) is 11.5 Å². The maximum Gasteiger partial charge on any atom is 0.228 e. The molecule has 7 nitrogen and oxygen atoms in total. The smallest absolute Gasteiger partial charge is 0.228 e. The number of pyridine rings is 1. The molecule has 1 fully saturated rings. The zero-order chi connectivity index (χ0) is 20.4. The molecule has 1 amide bonds. The van der Waals surface area contributed by atoms with Crippen LogP contribution in [-0.4, -0.2) is 49.4 Å². The summed E-state index contributed by atoms with van der Waals surface area (Å²) >= 11 is 3.51. The summed E-state index contributed by atoms with van der Waals surface area (Å²) in [5.74, 6) is 2.13. The molecule has 2 atom stereocenters. The summed E-state index contributed by atoms with van der Waals surface area (Å²) in [6.45, 7) is 6.78. The van der Waals surface area contributed by atoms with Crippen molar-refractivity contribution in [2.75, 3.05) is 36.5 Å². The molecule has 0 bridgehead atoms. The van der Waals surface area contributed by atoms with Crippen molar-refractivity contribution >= 4 is 33.3 Å². The second-order valence-electron chi connectivity index (χ2n) is 7.38. The summed E-state index contributed by atoms with van der Waals surface area (Å²) in [5, 5.41) is 2.91. The van der Waals surface area contributed by atoms with E-state index in [-0.39, 0.29) is 24.5 Å². The number of hydrogen-bond acceptors (Lipinski definition) is 6. The Hall–Kier alpha value is -2.32. The van der Waals surface area contributed by atoms with Gasteiger partial charge in [-0.1, -0.05) is 15.9 Å². The number of hydrogen-bond donors (Lipinski definition) is 1. The fraction of sp³-hybridized carbons (Fsp3) is 0.429. The van der Waals surface area contributed by atoms with Crippen LogP contribution in [0.15, 0.2) is 34.9 Å². The first-order valence-corrected chi connectivity index (χ1v) is 10.5. The number of ether oxygens (including phenoxy) is 3. The molecule has 2 aliphatic heterocycles. The SMILES string of the molecule is CC1CN(c2ccc(NC(=O)Cc3cc4c(cc3Br)OCCO4)cn2)CC(C)O1. The Kier molecular flexibility index (Phi) is 5.91. The Balaban J connectivity index is 1.39. The van der Waals surface area contributed by atoms with Gasteiger partial charge in [-0.3, -0.25) is 4.79 Å². The average Bonchev–Trinajstić information content (AvgIpc) is 2.68. The molecule has 0 saturated carbocycles. The van der Waals surface area contributed by atoms with Gasteiger partial charge >= 0.3 is 0 Å². The second kappa shape index (κ2) is 8.59. The molecule has 2 aromatic rings. The minimum atomic E-state index is -0.120. The third kappa shape index (κ3) is 4.82. The van der Waals surface area contributed by atoms with Crippen molar-refractivity contribution < 1.29 is 19.0 Å². The number of nitrogens with zero attached hydrogens (tertiary/aromatic N) is 2. The van der Waals surface area contributed by atoms with Gasteiger partial charge in [-0.25, -0.2) is 4.98 Å². The number of amides is 1. The van der Waals surface area contributed by atoms with E-state index in [1.54, 1.807) is 6.20 Å². The van der Waals surface area contributed by atoms with E-state index in [4.69, 9.17) is 14.2 Å². The molecule has 4 rings (SSSR count). The number of aromatic nitrogens is 1. The average molecular weight is 462 g/mol. The van der Waals surface area contributed by atoms with Crippen LogP contribution in [-0.2, 0) is 16.0 Å². The molecular formula is C21H24BrN3O4. The molecule has 0 aliphatic carbocycles. The number of fused-ring (bicyclic) bond motifs is 1. The van der Waals surface area contributed by atoms with Crippen molar-refractivity contribution in [3.63, 3.8) is 0 Å². The van der Waals surface area contributed by atoms with E-state index >= 15 is 0 Å². The van der Waals surface area contributed by atoms with Crippen LogP contribution < -0.4 is 19.7 Å². The number of rotatable bonds is 4. The van der Waals surface area contributed by atoms with Crippen molar-refractivity contribution in [2.45, 2.75) is 32.5 Å². The molecule has 1 N–H and O–H groups in total. The first kappa shape index (κ1) is 20.0. The van der Waals surface area contributed by atoms with Crippen molar-refractivity contribution in [2.24, 2.45) is 0 Å². The number of anilines is 2. The quantitative estimate of drug-likeness (QED) is 0.751. The van der Waals surface area contributed by atoms with E-state index in [0.717, 1.165) is 28.9 Å². The van der Waals surface area contributed by atoms with Crippen LogP contribution in [0.2, 0.25) is 0 Å². The minimum absolute atomic E-state index is 0.120. The number of benzene rings is 1. The predicted molar refractivity (Wildman–Crippen MR) is 114 cm³/mol. The first-order valence-electron chi connectivity index (χ1n) is 9.72. The summed E-state index contributed by atoms with van der Waals surface area (Å²) in [4.78, 5) is 19.2. The Morgan fingerprint density at radius 3 is 2.52 bits per heavy atom. The van der Waals surface area contributed by atoms with Gasteiger partial charge in [0.25, 0.3) is 0 Å². The van der Waals surface area contributed by atoms with Crippen LogP contribution in [0.5, 0.6) is 11.5 Å². The lowest BCUT2D eigenvalue weighted by Gasteiger charge is -2.36. The van der Waals surface area contributed by atoms with Crippen molar-refractivity contribution in [3.05, 3.63) is 40.5 Å². The van der Waals surface area contributed by atoms with E-state index in [2.05, 4.69) is 45.0 Å². The fourth-order valence-electron chi connectivity index (χ4n) is 3.63. The van der Waals surface area contributed by atoms with E-state index < -0.39 is 0 Å². The lowest BCUT2D eigenvalue weighted by molar-refractivity contribution is -0.115. The van der Waals surface area contributed by atoms with Gasteiger partial charge in [0.05, 0.1) is 30.5 Å². The highest BCUT2D eigenvalue weighted by Crippen LogP contribution is 2.35. The summed E-state index contributed by atoms with van der Waals surface area (Å²) in [6.07, 6.45) is 2.25. The lowest BCUT2D eigenvalue weighted by atomic mass is 10.1. The number of carbonyl (C=O) groups excluding carboxylic acids is 1. The van der Waals surface area contributed by atoms with E-state index in [1.807, 2.05) is 24.3 Å². The lowest BCUT2D eigenvalue weighted by Crippen LogP contribution is -2.45. The molecule has 2 unspecified atom stereocenters. The van der Waals surface area contributed by atoms with Crippen molar-refractivity contribution in [1.29, 1.82) is 0 Å². The van der Waals surface area contributed by atoms with Crippen LogP contribution >= 0.6 is 15.9 Å². The van der Waals surface area contributed by atoms with Gasteiger partial charge in [-0.2, -0.15) is 0 Å². The Morgan fingerprint density at radius 1 is 1.17 bits per heavy atom. The zero-order valence-electron chi connectivity index (χ0n) is 16.5. The first-order chi connectivity index (χ1) is 14.0.